The van der Waals surface area contributed by atoms with E-state index in [2.05, 4.69) is 12.7 Å². The van der Waals surface area contributed by atoms with Gasteiger partial charge in [0, 0.05) is 6.42 Å². The van der Waals surface area contributed by atoms with Crippen molar-refractivity contribution in [3.63, 3.8) is 0 Å². The van der Waals surface area contributed by atoms with Crippen LogP contribution in [0.1, 0.15) is 51.9 Å². The van der Waals surface area contributed by atoms with Crippen molar-refractivity contribution in [2.45, 2.75) is 51.9 Å². The van der Waals surface area contributed by atoms with Gasteiger partial charge in [-0.05, 0) is 45.4 Å². The SMILES string of the molecule is C=C(C)CC1(C2=CCCC2)CCCC1=O. The summed E-state index contributed by atoms with van der Waals surface area (Å²) in [6, 6.07) is 0. The molecule has 82 valence electrons. The molecule has 2 aliphatic rings. The third-order valence-corrected chi connectivity index (χ3v) is 3.80. The molecule has 15 heavy (non-hydrogen) atoms. The molecule has 2 aliphatic carbocycles. The topological polar surface area (TPSA) is 17.1 Å². The predicted octanol–water partition coefficient (Wildman–Crippen LogP) is 3.80. The summed E-state index contributed by atoms with van der Waals surface area (Å²) in [7, 11) is 0. The van der Waals surface area contributed by atoms with Crippen LogP contribution in [0.5, 0.6) is 0 Å². The van der Waals surface area contributed by atoms with E-state index in [0.717, 1.165) is 37.7 Å². The van der Waals surface area contributed by atoms with E-state index in [1.54, 1.807) is 0 Å². The molecule has 1 atom stereocenters. The van der Waals surface area contributed by atoms with Gasteiger partial charge in [0.2, 0.25) is 0 Å². The number of rotatable bonds is 3. The van der Waals surface area contributed by atoms with Gasteiger partial charge < -0.3 is 0 Å². The van der Waals surface area contributed by atoms with Crippen molar-refractivity contribution in [2.75, 3.05) is 0 Å². The Morgan fingerprint density at radius 1 is 1.47 bits per heavy atom. The Hall–Kier alpha value is -0.850. The highest BCUT2D eigenvalue weighted by Gasteiger charge is 2.44. The first-order valence-electron chi connectivity index (χ1n) is 6.02. The van der Waals surface area contributed by atoms with Crippen LogP contribution in [-0.4, -0.2) is 5.78 Å². The smallest absolute Gasteiger partial charge is 0.143 e. The fourth-order valence-electron chi connectivity index (χ4n) is 3.19. The first-order chi connectivity index (χ1) is 7.15. The number of hydrogen-bond donors (Lipinski definition) is 0. The summed E-state index contributed by atoms with van der Waals surface area (Å²) in [5.74, 6) is 0.471. The molecule has 0 aromatic heterocycles. The second-order valence-electron chi connectivity index (χ2n) is 5.11. The maximum absolute atomic E-state index is 12.1. The minimum atomic E-state index is -0.123. The third kappa shape index (κ3) is 1.80. The minimum absolute atomic E-state index is 0.123. The van der Waals surface area contributed by atoms with Gasteiger partial charge in [-0.25, -0.2) is 0 Å². The lowest BCUT2D eigenvalue weighted by molar-refractivity contribution is -0.124. The maximum atomic E-state index is 12.1. The molecular weight excluding hydrogens is 184 g/mol. The molecule has 0 amide bonds. The van der Waals surface area contributed by atoms with Crippen LogP contribution in [-0.2, 0) is 4.79 Å². The van der Waals surface area contributed by atoms with E-state index in [0.29, 0.717) is 5.78 Å². The Labute approximate surface area is 92.3 Å². The molecule has 1 heteroatoms. The van der Waals surface area contributed by atoms with Crippen molar-refractivity contribution >= 4 is 5.78 Å². The van der Waals surface area contributed by atoms with E-state index in [4.69, 9.17) is 0 Å². The van der Waals surface area contributed by atoms with Gasteiger partial charge in [-0.1, -0.05) is 17.2 Å². The lowest BCUT2D eigenvalue weighted by atomic mass is 9.73. The molecule has 0 radical (unpaired) electrons. The van der Waals surface area contributed by atoms with Gasteiger partial charge in [0.15, 0.2) is 0 Å². The van der Waals surface area contributed by atoms with Crippen LogP contribution < -0.4 is 0 Å². The van der Waals surface area contributed by atoms with Gasteiger partial charge in [-0.3, -0.25) is 4.79 Å². The molecule has 1 fully saturated rings. The summed E-state index contributed by atoms with van der Waals surface area (Å²) in [4.78, 5) is 12.1. The lowest BCUT2D eigenvalue weighted by Crippen LogP contribution is -2.28. The highest BCUT2D eigenvalue weighted by Crippen LogP contribution is 2.49. The van der Waals surface area contributed by atoms with E-state index < -0.39 is 0 Å². The van der Waals surface area contributed by atoms with Gasteiger partial charge in [-0.2, -0.15) is 0 Å². The summed E-state index contributed by atoms with van der Waals surface area (Å²) in [6.45, 7) is 6.03. The molecular formula is C14H20O. The number of ketones is 1. The van der Waals surface area contributed by atoms with Gasteiger partial charge in [0.1, 0.15) is 5.78 Å². The zero-order valence-corrected chi connectivity index (χ0v) is 9.64. The molecule has 0 N–H and O–H groups in total. The first-order valence-corrected chi connectivity index (χ1v) is 6.02. The molecule has 0 aromatic carbocycles. The quantitative estimate of drug-likeness (QED) is 0.639. The Morgan fingerprint density at radius 3 is 2.73 bits per heavy atom. The van der Waals surface area contributed by atoms with E-state index in [-0.39, 0.29) is 5.41 Å². The van der Waals surface area contributed by atoms with Crippen LogP contribution in [0.4, 0.5) is 0 Å². The van der Waals surface area contributed by atoms with Crippen molar-refractivity contribution < 1.29 is 4.79 Å². The largest absolute Gasteiger partial charge is 0.299 e. The van der Waals surface area contributed by atoms with Crippen LogP contribution in [0.25, 0.3) is 0 Å². The first kappa shape index (κ1) is 10.7. The Morgan fingerprint density at radius 2 is 2.27 bits per heavy atom. The molecule has 0 saturated heterocycles. The molecule has 0 bridgehead atoms. The predicted molar refractivity (Wildman–Crippen MR) is 62.7 cm³/mol. The van der Waals surface area contributed by atoms with E-state index >= 15 is 0 Å². The van der Waals surface area contributed by atoms with Crippen molar-refractivity contribution in [3.05, 3.63) is 23.8 Å². The van der Waals surface area contributed by atoms with Crippen molar-refractivity contribution in [3.8, 4) is 0 Å². The van der Waals surface area contributed by atoms with Gasteiger partial charge >= 0.3 is 0 Å². The molecule has 1 saturated carbocycles. The number of Topliss-reactive ketones (excluding diaryl/α,β-unsaturated/α-hetero) is 1. The fourth-order valence-corrected chi connectivity index (χ4v) is 3.19. The van der Waals surface area contributed by atoms with Gasteiger partial charge in [0.05, 0.1) is 5.41 Å². The molecule has 0 spiro atoms. The Bertz CT molecular complexity index is 324. The zero-order chi connectivity index (χ0) is 10.9. The van der Waals surface area contributed by atoms with Crippen LogP contribution >= 0.6 is 0 Å². The molecule has 0 aliphatic heterocycles. The summed E-state index contributed by atoms with van der Waals surface area (Å²) in [5, 5.41) is 0. The van der Waals surface area contributed by atoms with E-state index in [1.165, 1.54) is 18.4 Å². The highest BCUT2D eigenvalue weighted by atomic mass is 16.1. The second kappa shape index (κ2) is 3.96. The lowest BCUT2D eigenvalue weighted by Gasteiger charge is -2.29. The monoisotopic (exact) mass is 204 g/mol. The van der Waals surface area contributed by atoms with Crippen LogP contribution in [0.3, 0.4) is 0 Å². The summed E-state index contributed by atoms with van der Waals surface area (Å²) >= 11 is 0. The number of allylic oxidation sites excluding steroid dienone is 3. The third-order valence-electron chi connectivity index (χ3n) is 3.80. The zero-order valence-electron chi connectivity index (χ0n) is 9.64. The summed E-state index contributed by atoms with van der Waals surface area (Å²) in [6.07, 6.45) is 9.66. The summed E-state index contributed by atoms with van der Waals surface area (Å²) in [5.41, 5.74) is 2.45. The molecule has 1 nitrogen and oxygen atoms in total. The standard InChI is InChI=1S/C14H20O/c1-11(2)10-14(9-5-8-13(14)15)12-6-3-4-7-12/h6H,1,3-5,7-10H2,2H3. The molecule has 0 heterocycles. The van der Waals surface area contributed by atoms with E-state index in [9.17, 15) is 4.79 Å². The van der Waals surface area contributed by atoms with Crippen molar-refractivity contribution in [1.82, 2.24) is 0 Å². The van der Waals surface area contributed by atoms with Crippen LogP contribution in [0.15, 0.2) is 23.8 Å². The van der Waals surface area contributed by atoms with Crippen LogP contribution in [0.2, 0.25) is 0 Å². The Balaban J connectivity index is 2.29. The highest BCUT2D eigenvalue weighted by molar-refractivity contribution is 5.90. The van der Waals surface area contributed by atoms with Crippen molar-refractivity contribution in [1.29, 1.82) is 0 Å². The molecule has 1 unspecified atom stereocenters. The number of hydrogen-bond acceptors (Lipinski definition) is 1. The summed E-state index contributed by atoms with van der Waals surface area (Å²) < 4.78 is 0. The maximum Gasteiger partial charge on any atom is 0.143 e. The fraction of sp³-hybridized carbons (Fsp3) is 0.643. The molecule has 2 rings (SSSR count). The van der Waals surface area contributed by atoms with E-state index in [1.807, 2.05) is 6.92 Å². The normalized spacial score (nSPS) is 30.7. The van der Waals surface area contributed by atoms with Crippen molar-refractivity contribution in [2.24, 2.45) is 5.41 Å². The number of carbonyl (C=O) groups is 1. The Kier molecular flexibility index (Phi) is 2.81. The average molecular weight is 204 g/mol. The minimum Gasteiger partial charge on any atom is -0.299 e. The van der Waals surface area contributed by atoms with Crippen LogP contribution in [0, 0.1) is 5.41 Å². The molecule has 0 aromatic rings. The second-order valence-corrected chi connectivity index (χ2v) is 5.11. The number of carbonyl (C=O) groups excluding carboxylic acids is 1. The van der Waals surface area contributed by atoms with Gasteiger partial charge in [-0.15, -0.1) is 6.58 Å². The average Bonchev–Trinajstić information content (AvgIpc) is 2.76. The van der Waals surface area contributed by atoms with Gasteiger partial charge in [0.25, 0.3) is 0 Å².